The summed E-state index contributed by atoms with van der Waals surface area (Å²) >= 11 is 0. The van der Waals surface area contributed by atoms with Crippen LogP contribution in [0.4, 0.5) is 39.5 Å². The van der Waals surface area contributed by atoms with Gasteiger partial charge < -0.3 is 5.11 Å². The first-order valence-electron chi connectivity index (χ1n) is 3.63. The van der Waals surface area contributed by atoms with Gasteiger partial charge in [0, 0.05) is 0 Å². The summed E-state index contributed by atoms with van der Waals surface area (Å²) in [6.45, 7) is 0. The molecule has 1 rings (SSSR count). The molecule has 0 heterocycles. The van der Waals surface area contributed by atoms with E-state index in [1.807, 2.05) is 0 Å². The molecule has 1 aliphatic carbocycles. The number of carboxylic acids is 1. The zero-order chi connectivity index (χ0) is 14.1. The highest BCUT2D eigenvalue weighted by Gasteiger charge is 3.03. The molecule has 0 amide bonds. The van der Waals surface area contributed by atoms with Crippen molar-refractivity contribution >= 4 is 5.97 Å². The van der Waals surface area contributed by atoms with E-state index in [0.29, 0.717) is 0 Å². The fourth-order valence-electron chi connectivity index (χ4n) is 1.29. The lowest BCUT2D eigenvalue weighted by molar-refractivity contribution is -0.303. The second-order valence-electron chi connectivity index (χ2n) is 3.26. The van der Waals surface area contributed by atoms with Gasteiger partial charge in [0.05, 0.1) is 0 Å². The SMILES string of the molecule is O=C(O)C1(F)C(F)(F)C(F)(F)C(F)(F)C1(F)F. The molecule has 1 fully saturated rings. The van der Waals surface area contributed by atoms with Crippen LogP contribution in [0.25, 0.3) is 0 Å². The van der Waals surface area contributed by atoms with E-state index < -0.39 is 35.3 Å². The van der Waals surface area contributed by atoms with Gasteiger partial charge in [0.25, 0.3) is 0 Å². The first-order valence-corrected chi connectivity index (χ1v) is 3.63. The third kappa shape index (κ3) is 0.985. The highest BCUT2D eigenvalue weighted by molar-refractivity contribution is 5.82. The molecular weight excluding hydrogens is 275 g/mol. The third-order valence-corrected chi connectivity index (χ3v) is 2.34. The average molecular weight is 276 g/mol. The highest BCUT2D eigenvalue weighted by Crippen LogP contribution is 2.68. The molecule has 0 aromatic heterocycles. The number of hydrogen-bond donors (Lipinski definition) is 1. The van der Waals surface area contributed by atoms with Crippen LogP contribution in [0.5, 0.6) is 0 Å². The summed E-state index contributed by atoms with van der Waals surface area (Å²) in [6.07, 6.45) is 0. The van der Waals surface area contributed by atoms with Crippen LogP contribution < -0.4 is 0 Å². The molecule has 1 N–H and O–H groups in total. The van der Waals surface area contributed by atoms with Crippen molar-refractivity contribution in [2.45, 2.75) is 29.4 Å². The standard InChI is InChI=1S/C6HF9O2/c7-2(1(16)17)3(8,9)5(12,13)6(14,15)4(2,10)11/h(H,16,17). The number of alkyl halides is 9. The van der Waals surface area contributed by atoms with Gasteiger partial charge in [0.15, 0.2) is 0 Å². The van der Waals surface area contributed by atoms with Crippen molar-refractivity contribution < 1.29 is 49.4 Å². The molecule has 0 atom stereocenters. The maximum Gasteiger partial charge on any atom is 0.382 e. The van der Waals surface area contributed by atoms with Crippen LogP contribution in [-0.2, 0) is 4.79 Å². The third-order valence-electron chi connectivity index (χ3n) is 2.34. The molecule has 0 aromatic carbocycles. The molecule has 0 bridgehead atoms. The van der Waals surface area contributed by atoms with Crippen molar-refractivity contribution in [3.63, 3.8) is 0 Å². The molecule has 2 nitrogen and oxygen atoms in total. The van der Waals surface area contributed by atoms with E-state index in [1.165, 1.54) is 0 Å². The minimum Gasteiger partial charge on any atom is -0.479 e. The Kier molecular flexibility index (Phi) is 2.29. The number of hydrogen-bond acceptors (Lipinski definition) is 1. The second-order valence-corrected chi connectivity index (χ2v) is 3.26. The average Bonchev–Trinajstić information content (AvgIpc) is 2.17. The summed E-state index contributed by atoms with van der Waals surface area (Å²) in [6, 6.07) is 0. The summed E-state index contributed by atoms with van der Waals surface area (Å²) in [4.78, 5) is 9.93. The first-order chi connectivity index (χ1) is 7.19. The maximum absolute atomic E-state index is 12.9. The van der Waals surface area contributed by atoms with Crippen LogP contribution in [0.2, 0.25) is 0 Å². The topological polar surface area (TPSA) is 37.3 Å². The Labute approximate surface area is 86.0 Å². The van der Waals surface area contributed by atoms with Gasteiger partial charge in [-0.25, -0.2) is 9.18 Å². The van der Waals surface area contributed by atoms with Crippen molar-refractivity contribution in [1.82, 2.24) is 0 Å². The van der Waals surface area contributed by atoms with Gasteiger partial charge in [0.2, 0.25) is 0 Å². The van der Waals surface area contributed by atoms with Crippen molar-refractivity contribution in [3.05, 3.63) is 0 Å². The van der Waals surface area contributed by atoms with Crippen molar-refractivity contribution in [2.75, 3.05) is 0 Å². The Morgan fingerprint density at radius 3 is 1.00 bits per heavy atom. The quantitative estimate of drug-likeness (QED) is 0.746. The Hall–Kier alpha value is -1.16. The lowest BCUT2D eigenvalue weighted by atomic mass is 9.97. The molecule has 0 aliphatic heterocycles. The van der Waals surface area contributed by atoms with Gasteiger partial charge in [-0.1, -0.05) is 0 Å². The Morgan fingerprint density at radius 2 is 0.882 bits per heavy atom. The van der Waals surface area contributed by atoms with Crippen LogP contribution in [0.3, 0.4) is 0 Å². The van der Waals surface area contributed by atoms with Gasteiger partial charge in [0.1, 0.15) is 0 Å². The maximum atomic E-state index is 12.9. The predicted octanol–water partition coefficient (Wildman–Crippen LogP) is 2.33. The summed E-state index contributed by atoms with van der Waals surface area (Å²) in [7, 11) is 0. The monoisotopic (exact) mass is 276 g/mol. The molecule has 0 spiro atoms. The Bertz CT molecular complexity index is 348. The molecule has 0 unspecified atom stereocenters. The van der Waals surface area contributed by atoms with Crippen LogP contribution in [-0.4, -0.2) is 40.4 Å². The smallest absolute Gasteiger partial charge is 0.382 e. The molecule has 11 heteroatoms. The molecule has 1 aliphatic rings. The largest absolute Gasteiger partial charge is 0.479 e. The molecule has 0 saturated heterocycles. The number of rotatable bonds is 1. The van der Waals surface area contributed by atoms with E-state index in [1.54, 1.807) is 0 Å². The molecule has 17 heavy (non-hydrogen) atoms. The Morgan fingerprint density at radius 1 is 0.647 bits per heavy atom. The molecular formula is C6HF9O2. The van der Waals surface area contributed by atoms with Gasteiger partial charge in [-0.05, 0) is 0 Å². The van der Waals surface area contributed by atoms with E-state index >= 15 is 0 Å². The van der Waals surface area contributed by atoms with E-state index in [2.05, 4.69) is 0 Å². The summed E-state index contributed by atoms with van der Waals surface area (Å²) in [5.74, 6) is -31.0. The van der Waals surface area contributed by atoms with Crippen LogP contribution >= 0.6 is 0 Å². The summed E-state index contributed by atoms with van der Waals surface area (Å²) < 4.78 is 113. The lowest BCUT2D eigenvalue weighted by Crippen LogP contribution is -2.60. The molecule has 1 saturated carbocycles. The molecule has 100 valence electrons. The zero-order valence-electron chi connectivity index (χ0n) is 7.26. The van der Waals surface area contributed by atoms with Gasteiger partial charge in [-0.2, -0.15) is 35.1 Å². The number of carbonyl (C=O) groups is 1. The van der Waals surface area contributed by atoms with Crippen LogP contribution in [0, 0.1) is 0 Å². The van der Waals surface area contributed by atoms with E-state index in [4.69, 9.17) is 5.11 Å². The second kappa shape index (κ2) is 2.80. The summed E-state index contributed by atoms with van der Waals surface area (Å²) in [5.41, 5.74) is -6.40. The lowest BCUT2D eigenvalue weighted by Gasteiger charge is -2.26. The van der Waals surface area contributed by atoms with Crippen LogP contribution in [0.1, 0.15) is 0 Å². The van der Waals surface area contributed by atoms with E-state index in [-0.39, 0.29) is 0 Å². The molecule has 0 radical (unpaired) electrons. The van der Waals surface area contributed by atoms with Gasteiger partial charge in [-0.15, -0.1) is 0 Å². The fraction of sp³-hybridized carbons (Fsp3) is 0.833. The summed E-state index contributed by atoms with van der Waals surface area (Å²) in [5, 5.41) is 7.81. The van der Waals surface area contributed by atoms with E-state index in [9.17, 15) is 44.3 Å². The van der Waals surface area contributed by atoms with Crippen molar-refractivity contribution in [3.8, 4) is 0 Å². The normalized spacial score (nSPS) is 31.1. The molecule has 0 aromatic rings. The number of carboxylic acid groups (broad SMARTS) is 1. The zero-order valence-corrected chi connectivity index (χ0v) is 7.26. The van der Waals surface area contributed by atoms with Crippen molar-refractivity contribution in [2.24, 2.45) is 0 Å². The first kappa shape index (κ1) is 13.9. The predicted molar refractivity (Wildman–Crippen MR) is 31.3 cm³/mol. The highest BCUT2D eigenvalue weighted by atomic mass is 19.4. The van der Waals surface area contributed by atoms with Gasteiger partial charge >= 0.3 is 35.3 Å². The number of aliphatic carboxylic acids is 1. The minimum atomic E-state index is -6.84. The fourth-order valence-corrected chi connectivity index (χ4v) is 1.29. The minimum absolute atomic E-state index is 3.80. The van der Waals surface area contributed by atoms with Gasteiger partial charge in [-0.3, -0.25) is 0 Å². The Balaban J connectivity index is 3.71. The van der Waals surface area contributed by atoms with Crippen molar-refractivity contribution in [1.29, 1.82) is 0 Å². The number of halogens is 9. The van der Waals surface area contributed by atoms with E-state index in [0.717, 1.165) is 0 Å². The van der Waals surface area contributed by atoms with Crippen LogP contribution in [0.15, 0.2) is 0 Å².